The molecular formula is C33H42N4O4. The van der Waals surface area contributed by atoms with E-state index in [0.29, 0.717) is 19.4 Å². The Hall–Kier alpha value is -3.65. The van der Waals surface area contributed by atoms with Crippen LogP contribution in [0, 0.1) is 11.8 Å². The molecule has 1 aromatic heterocycles. The highest BCUT2D eigenvalue weighted by Gasteiger charge is 2.56. The standard InChI is InChI=1S/C33H42N4O4/c1-20(2)16-27(30(38)35-29(21(3)4)32(40)41-19-22-12-8-7-9-13-22)37-31(39)28-17-24-23-14-10-11-15-25(23)34-26(24)18-36(28)33(37,5)6/h7-15,20-21,27-29,34H,16-19H2,1-6H3,(H,35,38). The molecule has 0 aliphatic carbocycles. The number of para-hydroxylation sites is 1. The van der Waals surface area contributed by atoms with Gasteiger partial charge in [-0.3, -0.25) is 14.5 Å². The van der Waals surface area contributed by atoms with Gasteiger partial charge in [0.1, 0.15) is 18.7 Å². The molecule has 8 heteroatoms. The van der Waals surface area contributed by atoms with Crippen LogP contribution in [0.15, 0.2) is 54.6 Å². The smallest absolute Gasteiger partial charge is 0.329 e. The Balaban J connectivity index is 1.37. The van der Waals surface area contributed by atoms with Gasteiger partial charge in [0.2, 0.25) is 11.8 Å². The zero-order chi connectivity index (χ0) is 29.5. The SMILES string of the molecule is CC(C)CC(C(=O)NC(C(=O)OCc1ccccc1)C(C)C)N1C(=O)C2Cc3c([nH]c4ccccc34)CN2C1(C)C. The molecular weight excluding hydrogens is 516 g/mol. The highest BCUT2D eigenvalue weighted by atomic mass is 16.5. The predicted octanol–water partition coefficient (Wildman–Crippen LogP) is 4.77. The van der Waals surface area contributed by atoms with Gasteiger partial charge in [-0.15, -0.1) is 0 Å². The molecule has 3 aromatic rings. The van der Waals surface area contributed by atoms with Crippen LogP contribution in [0.25, 0.3) is 10.9 Å². The summed E-state index contributed by atoms with van der Waals surface area (Å²) < 4.78 is 5.59. The topological polar surface area (TPSA) is 94.7 Å². The summed E-state index contributed by atoms with van der Waals surface area (Å²) in [6.07, 6.45) is 1.08. The zero-order valence-electron chi connectivity index (χ0n) is 24.9. The first-order valence-electron chi connectivity index (χ1n) is 14.7. The average Bonchev–Trinajstić information content (AvgIpc) is 3.39. The Kier molecular flexibility index (Phi) is 7.97. The molecule has 2 amide bonds. The Morgan fingerprint density at radius 1 is 1.05 bits per heavy atom. The van der Waals surface area contributed by atoms with Crippen molar-refractivity contribution in [1.82, 2.24) is 20.1 Å². The molecule has 8 nitrogen and oxygen atoms in total. The molecule has 3 heterocycles. The van der Waals surface area contributed by atoms with Gasteiger partial charge in [-0.05, 0) is 55.7 Å². The number of amides is 2. The van der Waals surface area contributed by atoms with Crippen LogP contribution < -0.4 is 5.32 Å². The third-order valence-electron chi connectivity index (χ3n) is 8.57. The first-order valence-corrected chi connectivity index (χ1v) is 14.7. The van der Waals surface area contributed by atoms with Crippen molar-refractivity contribution in [1.29, 1.82) is 0 Å². The summed E-state index contributed by atoms with van der Waals surface area (Å²) in [6.45, 7) is 12.6. The Morgan fingerprint density at radius 2 is 1.73 bits per heavy atom. The number of carbonyl (C=O) groups is 3. The first kappa shape index (κ1) is 28.9. The van der Waals surface area contributed by atoms with E-state index in [0.717, 1.165) is 22.2 Å². The molecule has 5 rings (SSSR count). The van der Waals surface area contributed by atoms with Gasteiger partial charge in [0.25, 0.3) is 0 Å². The van der Waals surface area contributed by atoms with Gasteiger partial charge in [0.05, 0.1) is 11.7 Å². The highest BCUT2D eigenvalue weighted by molar-refractivity contribution is 5.95. The van der Waals surface area contributed by atoms with Crippen molar-refractivity contribution >= 4 is 28.7 Å². The molecule has 218 valence electrons. The third-order valence-corrected chi connectivity index (χ3v) is 8.57. The molecule has 2 aromatic carbocycles. The van der Waals surface area contributed by atoms with Crippen molar-refractivity contribution in [3.8, 4) is 0 Å². The molecule has 0 radical (unpaired) electrons. The second-order valence-corrected chi connectivity index (χ2v) is 12.6. The van der Waals surface area contributed by atoms with Crippen LogP contribution in [-0.4, -0.2) is 56.4 Å². The van der Waals surface area contributed by atoms with Gasteiger partial charge in [-0.25, -0.2) is 4.79 Å². The second kappa shape index (κ2) is 11.3. The van der Waals surface area contributed by atoms with E-state index in [4.69, 9.17) is 4.74 Å². The zero-order valence-corrected chi connectivity index (χ0v) is 24.9. The number of rotatable bonds is 9. The summed E-state index contributed by atoms with van der Waals surface area (Å²) in [5.41, 5.74) is 3.56. The Bertz CT molecular complexity index is 1430. The molecule has 1 saturated heterocycles. The second-order valence-electron chi connectivity index (χ2n) is 12.6. The van der Waals surface area contributed by atoms with Gasteiger partial charge in [-0.2, -0.15) is 0 Å². The van der Waals surface area contributed by atoms with Crippen LogP contribution in [0.5, 0.6) is 0 Å². The maximum Gasteiger partial charge on any atom is 0.329 e. The lowest BCUT2D eigenvalue weighted by Crippen LogP contribution is -2.60. The summed E-state index contributed by atoms with van der Waals surface area (Å²) in [4.78, 5) is 48.8. The summed E-state index contributed by atoms with van der Waals surface area (Å²) in [5, 5.41) is 4.13. The first-order chi connectivity index (χ1) is 19.5. The minimum absolute atomic E-state index is 0.0421. The molecule has 3 unspecified atom stereocenters. The van der Waals surface area contributed by atoms with Crippen molar-refractivity contribution in [3.63, 3.8) is 0 Å². The van der Waals surface area contributed by atoms with E-state index >= 15 is 0 Å². The summed E-state index contributed by atoms with van der Waals surface area (Å²) in [6, 6.07) is 15.8. The number of carbonyl (C=O) groups excluding carboxylic acids is 3. The van der Waals surface area contributed by atoms with Gasteiger partial charge >= 0.3 is 5.97 Å². The van der Waals surface area contributed by atoms with E-state index in [1.54, 1.807) is 4.90 Å². The fourth-order valence-corrected chi connectivity index (χ4v) is 6.45. The monoisotopic (exact) mass is 558 g/mol. The van der Waals surface area contributed by atoms with Crippen LogP contribution in [0.1, 0.15) is 64.8 Å². The number of fused-ring (bicyclic) bond motifs is 4. The van der Waals surface area contributed by atoms with Crippen LogP contribution >= 0.6 is 0 Å². The van der Waals surface area contributed by atoms with Crippen molar-refractivity contribution in [2.24, 2.45) is 11.8 Å². The Morgan fingerprint density at radius 3 is 2.41 bits per heavy atom. The number of nitrogens with one attached hydrogen (secondary N) is 2. The van der Waals surface area contributed by atoms with E-state index in [-0.39, 0.29) is 36.3 Å². The van der Waals surface area contributed by atoms with Gasteiger partial charge < -0.3 is 19.9 Å². The highest BCUT2D eigenvalue weighted by Crippen LogP contribution is 2.42. The number of aromatic nitrogens is 1. The summed E-state index contributed by atoms with van der Waals surface area (Å²) in [5.74, 6) is -0.867. The molecule has 2 aliphatic heterocycles. The largest absolute Gasteiger partial charge is 0.459 e. The van der Waals surface area contributed by atoms with Gasteiger partial charge in [0, 0.05) is 23.1 Å². The molecule has 1 fully saturated rings. The van der Waals surface area contributed by atoms with Crippen molar-refractivity contribution in [3.05, 3.63) is 71.4 Å². The number of aromatic amines is 1. The lowest BCUT2D eigenvalue weighted by Gasteiger charge is -2.43. The lowest BCUT2D eigenvalue weighted by atomic mass is 9.96. The molecule has 3 atom stereocenters. The predicted molar refractivity (Wildman–Crippen MR) is 159 cm³/mol. The maximum absolute atomic E-state index is 14.2. The fraction of sp³-hybridized carbons (Fsp3) is 0.485. The van der Waals surface area contributed by atoms with E-state index < -0.39 is 23.7 Å². The van der Waals surface area contributed by atoms with Gasteiger partial charge in [0.15, 0.2) is 0 Å². The maximum atomic E-state index is 14.2. The minimum atomic E-state index is -0.824. The number of nitrogens with zero attached hydrogens (tertiary/aromatic N) is 2. The van der Waals surface area contributed by atoms with Crippen molar-refractivity contribution in [2.45, 2.75) is 91.3 Å². The molecule has 0 saturated carbocycles. The van der Waals surface area contributed by atoms with E-state index in [9.17, 15) is 14.4 Å². The molecule has 41 heavy (non-hydrogen) atoms. The van der Waals surface area contributed by atoms with E-state index in [2.05, 4.69) is 27.3 Å². The van der Waals surface area contributed by atoms with Crippen LogP contribution in [0.4, 0.5) is 0 Å². The minimum Gasteiger partial charge on any atom is -0.459 e. The lowest BCUT2D eigenvalue weighted by molar-refractivity contribution is -0.152. The summed E-state index contributed by atoms with van der Waals surface area (Å²) in [7, 11) is 0. The fourth-order valence-electron chi connectivity index (χ4n) is 6.45. The number of esters is 1. The number of H-pyrrole nitrogens is 1. The number of benzene rings is 2. The molecule has 0 bridgehead atoms. The van der Waals surface area contributed by atoms with Crippen LogP contribution in [0.3, 0.4) is 0 Å². The summed E-state index contributed by atoms with van der Waals surface area (Å²) >= 11 is 0. The molecule has 2 aliphatic rings. The van der Waals surface area contributed by atoms with Crippen molar-refractivity contribution < 1.29 is 19.1 Å². The van der Waals surface area contributed by atoms with Crippen LogP contribution in [0.2, 0.25) is 0 Å². The number of hydrogen-bond donors (Lipinski definition) is 2. The van der Waals surface area contributed by atoms with E-state index in [1.807, 2.05) is 84.0 Å². The van der Waals surface area contributed by atoms with Gasteiger partial charge in [-0.1, -0.05) is 76.2 Å². The molecule has 2 N–H and O–H groups in total. The van der Waals surface area contributed by atoms with Crippen LogP contribution in [-0.2, 0) is 38.7 Å². The third kappa shape index (κ3) is 5.49. The normalized spacial score (nSPS) is 19.8. The van der Waals surface area contributed by atoms with E-state index in [1.165, 1.54) is 5.56 Å². The average molecular weight is 559 g/mol. The number of ether oxygens (including phenoxy) is 1. The molecule has 0 spiro atoms. The Labute approximate surface area is 242 Å². The number of hydrogen-bond acceptors (Lipinski definition) is 5. The van der Waals surface area contributed by atoms with Crippen molar-refractivity contribution in [2.75, 3.05) is 0 Å². The quantitative estimate of drug-likeness (QED) is 0.369.